The van der Waals surface area contributed by atoms with Gasteiger partial charge in [-0.2, -0.15) is 0 Å². The highest BCUT2D eigenvalue weighted by Gasteiger charge is 2.01. The van der Waals surface area contributed by atoms with Crippen molar-refractivity contribution < 1.29 is 4.39 Å². The SMILES string of the molecule is O=c1[nH]c(CNCc2ccc(Br)c(F)c2)cs1. The minimum atomic E-state index is -0.270. The number of aromatic amines is 1. The number of H-pyrrole nitrogens is 1. The molecule has 0 unspecified atom stereocenters. The number of hydrogen-bond acceptors (Lipinski definition) is 3. The highest BCUT2D eigenvalue weighted by Crippen LogP contribution is 2.16. The maximum Gasteiger partial charge on any atom is 0.304 e. The summed E-state index contributed by atoms with van der Waals surface area (Å²) in [5, 5.41) is 4.91. The Morgan fingerprint density at radius 1 is 1.41 bits per heavy atom. The summed E-state index contributed by atoms with van der Waals surface area (Å²) in [5.74, 6) is -0.270. The second kappa shape index (κ2) is 5.57. The first kappa shape index (κ1) is 12.5. The molecule has 2 N–H and O–H groups in total. The van der Waals surface area contributed by atoms with E-state index in [0.29, 0.717) is 17.6 Å². The Labute approximate surface area is 110 Å². The van der Waals surface area contributed by atoms with Crippen molar-refractivity contribution in [3.05, 3.63) is 54.8 Å². The summed E-state index contributed by atoms with van der Waals surface area (Å²) in [5.41, 5.74) is 1.71. The summed E-state index contributed by atoms with van der Waals surface area (Å²) in [6.45, 7) is 1.12. The Balaban J connectivity index is 1.89. The van der Waals surface area contributed by atoms with Gasteiger partial charge < -0.3 is 10.3 Å². The smallest absolute Gasteiger partial charge is 0.304 e. The summed E-state index contributed by atoms with van der Waals surface area (Å²) in [4.78, 5) is 13.5. The van der Waals surface area contributed by atoms with Crippen molar-refractivity contribution in [3.8, 4) is 0 Å². The molecule has 1 aromatic heterocycles. The van der Waals surface area contributed by atoms with Crippen molar-refractivity contribution in [2.24, 2.45) is 0 Å². The maximum absolute atomic E-state index is 13.2. The molecule has 3 nitrogen and oxygen atoms in total. The molecule has 0 radical (unpaired) electrons. The lowest BCUT2D eigenvalue weighted by Crippen LogP contribution is -2.13. The molecule has 0 fully saturated rings. The van der Waals surface area contributed by atoms with Crippen LogP contribution in [0.1, 0.15) is 11.3 Å². The zero-order valence-corrected chi connectivity index (χ0v) is 11.2. The maximum atomic E-state index is 13.2. The van der Waals surface area contributed by atoms with E-state index in [-0.39, 0.29) is 10.7 Å². The zero-order chi connectivity index (χ0) is 12.3. The van der Waals surface area contributed by atoms with Gasteiger partial charge in [0.25, 0.3) is 0 Å². The van der Waals surface area contributed by atoms with Crippen LogP contribution in [-0.4, -0.2) is 4.98 Å². The molecule has 17 heavy (non-hydrogen) atoms. The van der Waals surface area contributed by atoms with Gasteiger partial charge in [-0.1, -0.05) is 17.4 Å². The molecule has 0 atom stereocenters. The topological polar surface area (TPSA) is 44.9 Å². The van der Waals surface area contributed by atoms with Crippen molar-refractivity contribution in [3.63, 3.8) is 0 Å². The van der Waals surface area contributed by atoms with Crippen molar-refractivity contribution in [2.75, 3.05) is 0 Å². The Morgan fingerprint density at radius 2 is 2.24 bits per heavy atom. The fraction of sp³-hybridized carbons (Fsp3) is 0.182. The van der Waals surface area contributed by atoms with Gasteiger partial charge >= 0.3 is 4.87 Å². The third-order valence-electron chi connectivity index (χ3n) is 2.20. The second-order valence-corrected chi connectivity index (χ2v) is 5.22. The van der Waals surface area contributed by atoms with Gasteiger partial charge in [0.2, 0.25) is 0 Å². The van der Waals surface area contributed by atoms with Gasteiger partial charge in [0.05, 0.1) is 4.47 Å². The second-order valence-electron chi connectivity index (χ2n) is 3.53. The predicted octanol–water partition coefficient (Wildman–Crippen LogP) is 2.63. The van der Waals surface area contributed by atoms with E-state index in [1.54, 1.807) is 11.4 Å². The molecular weight excluding hydrogens is 307 g/mol. The molecule has 2 rings (SSSR count). The fourth-order valence-corrected chi connectivity index (χ4v) is 2.22. The predicted molar refractivity (Wildman–Crippen MR) is 69.6 cm³/mol. The minimum absolute atomic E-state index is 0.0588. The number of rotatable bonds is 4. The highest BCUT2D eigenvalue weighted by atomic mass is 79.9. The van der Waals surface area contributed by atoms with Crippen LogP contribution in [0.15, 0.2) is 32.8 Å². The molecule has 6 heteroatoms. The fourth-order valence-electron chi connectivity index (χ4n) is 1.39. The van der Waals surface area contributed by atoms with Gasteiger partial charge in [-0.3, -0.25) is 4.79 Å². The van der Waals surface area contributed by atoms with Crippen molar-refractivity contribution in [1.29, 1.82) is 0 Å². The Kier molecular flexibility index (Phi) is 4.09. The lowest BCUT2D eigenvalue weighted by molar-refractivity contribution is 0.613. The quantitative estimate of drug-likeness (QED) is 0.910. The molecule has 0 aliphatic rings. The minimum Gasteiger partial charge on any atom is -0.315 e. The summed E-state index contributed by atoms with van der Waals surface area (Å²) in [7, 11) is 0. The van der Waals surface area contributed by atoms with Crippen LogP contribution in [-0.2, 0) is 13.1 Å². The zero-order valence-electron chi connectivity index (χ0n) is 8.80. The summed E-state index contributed by atoms with van der Waals surface area (Å²) in [6.07, 6.45) is 0. The van der Waals surface area contributed by atoms with Gasteiger partial charge in [-0.25, -0.2) is 4.39 Å². The van der Waals surface area contributed by atoms with Crippen molar-refractivity contribution >= 4 is 27.3 Å². The monoisotopic (exact) mass is 316 g/mol. The molecule has 0 saturated heterocycles. The third kappa shape index (κ3) is 3.49. The lowest BCUT2D eigenvalue weighted by Gasteiger charge is -2.04. The first-order valence-electron chi connectivity index (χ1n) is 4.96. The van der Waals surface area contributed by atoms with Gasteiger partial charge in [0, 0.05) is 24.2 Å². The van der Waals surface area contributed by atoms with Crippen LogP contribution < -0.4 is 10.2 Å². The first-order valence-corrected chi connectivity index (χ1v) is 6.64. The molecule has 0 bridgehead atoms. The largest absolute Gasteiger partial charge is 0.315 e. The molecule has 0 saturated carbocycles. The Morgan fingerprint density at radius 3 is 2.88 bits per heavy atom. The molecule has 0 amide bonds. The number of benzene rings is 1. The molecule has 2 aromatic rings. The van der Waals surface area contributed by atoms with Gasteiger partial charge in [0.1, 0.15) is 5.82 Å². The molecule has 0 aliphatic carbocycles. The van der Waals surface area contributed by atoms with E-state index < -0.39 is 0 Å². The molecular formula is C11H10BrFN2OS. The van der Waals surface area contributed by atoms with Crippen LogP contribution in [0.25, 0.3) is 0 Å². The Hall–Kier alpha value is -0.980. The molecule has 1 aromatic carbocycles. The number of nitrogens with one attached hydrogen (secondary N) is 2. The van der Waals surface area contributed by atoms with Crippen LogP contribution in [0.4, 0.5) is 4.39 Å². The van der Waals surface area contributed by atoms with E-state index in [4.69, 9.17) is 0 Å². The molecule has 1 heterocycles. The van der Waals surface area contributed by atoms with E-state index in [2.05, 4.69) is 26.2 Å². The van der Waals surface area contributed by atoms with Gasteiger partial charge in [-0.05, 0) is 33.6 Å². The number of aromatic nitrogens is 1. The van der Waals surface area contributed by atoms with Crippen molar-refractivity contribution in [1.82, 2.24) is 10.3 Å². The summed E-state index contributed by atoms with van der Waals surface area (Å²) >= 11 is 4.24. The average Bonchev–Trinajstić information content (AvgIpc) is 2.70. The van der Waals surface area contributed by atoms with E-state index >= 15 is 0 Å². The van der Waals surface area contributed by atoms with Crippen LogP contribution in [0, 0.1) is 5.82 Å². The number of thiazole rings is 1. The van der Waals surface area contributed by atoms with Crippen LogP contribution in [0.5, 0.6) is 0 Å². The van der Waals surface area contributed by atoms with Crippen LogP contribution in [0.2, 0.25) is 0 Å². The van der Waals surface area contributed by atoms with Crippen LogP contribution in [0.3, 0.4) is 0 Å². The summed E-state index contributed by atoms with van der Waals surface area (Å²) < 4.78 is 13.7. The van der Waals surface area contributed by atoms with E-state index in [0.717, 1.165) is 22.6 Å². The first-order chi connectivity index (χ1) is 8.15. The highest BCUT2D eigenvalue weighted by molar-refractivity contribution is 9.10. The lowest BCUT2D eigenvalue weighted by atomic mass is 10.2. The van der Waals surface area contributed by atoms with Crippen molar-refractivity contribution in [2.45, 2.75) is 13.1 Å². The van der Waals surface area contributed by atoms with E-state index in [9.17, 15) is 9.18 Å². The normalized spacial score (nSPS) is 10.7. The standard InChI is InChI=1S/C11H10BrFN2OS/c12-9-2-1-7(3-10(9)13)4-14-5-8-6-17-11(16)15-8/h1-3,6,14H,4-5H2,(H,15,16). The average molecular weight is 317 g/mol. The van der Waals surface area contributed by atoms with Gasteiger partial charge in [0.15, 0.2) is 0 Å². The molecule has 0 spiro atoms. The number of halogens is 2. The van der Waals surface area contributed by atoms with Crippen LogP contribution >= 0.6 is 27.3 Å². The third-order valence-corrected chi connectivity index (χ3v) is 3.56. The molecule has 0 aliphatic heterocycles. The summed E-state index contributed by atoms with van der Waals surface area (Å²) in [6, 6.07) is 5.00. The van der Waals surface area contributed by atoms with E-state index in [1.807, 2.05) is 6.07 Å². The number of hydrogen-bond donors (Lipinski definition) is 2. The Bertz CT molecular complexity index is 567. The van der Waals surface area contributed by atoms with Gasteiger partial charge in [-0.15, -0.1) is 0 Å². The van der Waals surface area contributed by atoms with E-state index in [1.165, 1.54) is 6.07 Å². The molecule has 90 valence electrons.